The molecule has 0 radical (unpaired) electrons. The molecule has 0 fully saturated rings. The van der Waals surface area contributed by atoms with Crippen LogP contribution in [-0.2, 0) is 33.6 Å². The van der Waals surface area contributed by atoms with Gasteiger partial charge in [-0.2, -0.15) is 8.42 Å². The fourth-order valence-electron chi connectivity index (χ4n) is 0.0958. The van der Waals surface area contributed by atoms with Crippen molar-refractivity contribution < 1.29 is 85.6 Å². The van der Waals surface area contributed by atoms with Crippen LogP contribution < -0.4 is 51.4 Å². The Morgan fingerprint density at radius 1 is 1.08 bits per heavy atom. The normalized spacial score (nSPS) is 12.2. The molecule has 0 rings (SSSR count). The summed E-state index contributed by atoms with van der Waals surface area (Å²) in [5.74, 6) is 0. The van der Waals surface area contributed by atoms with Crippen LogP contribution in [0.15, 0.2) is 0 Å². The summed E-state index contributed by atoms with van der Waals surface area (Å²) in [6, 6.07) is 0. The molecule has 0 aromatic heterocycles. The summed E-state index contributed by atoms with van der Waals surface area (Å²) >= 11 is 0. The summed E-state index contributed by atoms with van der Waals surface area (Å²) < 4.78 is 58.4. The van der Waals surface area contributed by atoms with Crippen LogP contribution in [0.25, 0.3) is 0 Å². The van der Waals surface area contributed by atoms with E-state index >= 15 is 0 Å². The minimum Gasteiger partial charge on any atom is -0.724 e. The first kappa shape index (κ1) is 15.8. The van der Waals surface area contributed by atoms with Crippen molar-refractivity contribution in [2.45, 2.75) is 0 Å². The van der Waals surface area contributed by atoms with Gasteiger partial charge in [0.15, 0.2) is 0 Å². The van der Waals surface area contributed by atoms with E-state index in [1.54, 1.807) is 0 Å². The molecule has 0 spiro atoms. The molecular weight excluding hydrogens is 243 g/mol. The second kappa shape index (κ2) is 5.97. The van der Waals surface area contributed by atoms with Gasteiger partial charge in [0.25, 0.3) is 0 Å². The van der Waals surface area contributed by atoms with E-state index in [0.717, 1.165) is 0 Å². The van der Waals surface area contributed by atoms with Crippen molar-refractivity contribution in [1.82, 2.24) is 0 Å². The van der Waals surface area contributed by atoms with Gasteiger partial charge in [0.05, 0.1) is 7.11 Å². The van der Waals surface area contributed by atoms with E-state index in [1.807, 2.05) is 0 Å². The Labute approximate surface area is 112 Å². The zero-order chi connectivity index (χ0) is 9.12. The van der Waals surface area contributed by atoms with E-state index in [2.05, 4.69) is 12.9 Å². The molecule has 0 aliphatic rings. The molecule has 12 heavy (non-hydrogen) atoms. The maximum absolute atomic E-state index is 10.1. The minimum atomic E-state index is -5.20. The SMILES string of the molecule is COS(=O)(=O)OOS(=O)(=O)[O-].[K+]. The minimum absolute atomic E-state index is 0. The first-order valence-corrected chi connectivity index (χ1v) is 4.57. The molecule has 11 heteroatoms. The monoisotopic (exact) mass is 246 g/mol. The second-order valence-electron chi connectivity index (χ2n) is 1.12. The summed E-state index contributed by atoms with van der Waals surface area (Å²) in [6.07, 6.45) is 0. The molecule has 8 nitrogen and oxygen atoms in total. The van der Waals surface area contributed by atoms with Crippen LogP contribution >= 0.6 is 0 Å². The Balaban J connectivity index is 0. The van der Waals surface area contributed by atoms with Crippen LogP contribution in [0, 0.1) is 0 Å². The number of hydrogen-bond donors (Lipinski definition) is 0. The van der Waals surface area contributed by atoms with Gasteiger partial charge >= 0.3 is 61.8 Å². The summed E-state index contributed by atoms with van der Waals surface area (Å²) in [4.78, 5) is 0. The molecule has 68 valence electrons. The summed E-state index contributed by atoms with van der Waals surface area (Å²) in [6.45, 7) is 0. The molecule has 0 unspecified atom stereocenters. The summed E-state index contributed by atoms with van der Waals surface area (Å²) in [5, 5.41) is 0. The zero-order valence-corrected chi connectivity index (χ0v) is 10.8. The molecule has 0 saturated heterocycles. The van der Waals surface area contributed by atoms with Crippen LogP contribution in [0.4, 0.5) is 0 Å². The molecule has 0 aromatic carbocycles. The Morgan fingerprint density at radius 2 is 1.50 bits per heavy atom. The smallest absolute Gasteiger partial charge is 0.724 e. The molecule has 0 N–H and O–H groups in total. The first-order chi connectivity index (χ1) is 4.77. The fraction of sp³-hybridized carbons (Fsp3) is 1.00. The summed E-state index contributed by atoms with van der Waals surface area (Å²) in [5.41, 5.74) is 0. The zero-order valence-electron chi connectivity index (χ0n) is 6.08. The third-order valence-electron chi connectivity index (χ3n) is 0.399. The predicted octanol–water partition coefficient (Wildman–Crippen LogP) is -4.71. The van der Waals surface area contributed by atoms with Gasteiger partial charge in [0.2, 0.25) is 10.4 Å². The molecular formula is CH3KO8S2. The van der Waals surface area contributed by atoms with Crippen molar-refractivity contribution in [3.05, 3.63) is 0 Å². The molecule has 0 heterocycles. The van der Waals surface area contributed by atoms with Crippen molar-refractivity contribution in [2.75, 3.05) is 7.11 Å². The Kier molecular flexibility index (Phi) is 7.88. The van der Waals surface area contributed by atoms with Gasteiger partial charge in [-0.3, -0.25) is 0 Å². The Bertz CT molecular complexity index is 298. The van der Waals surface area contributed by atoms with E-state index < -0.39 is 20.8 Å². The molecule has 0 bridgehead atoms. The third-order valence-corrected chi connectivity index (χ3v) is 1.36. The quantitative estimate of drug-likeness (QED) is 0.159. The molecule has 0 saturated carbocycles. The van der Waals surface area contributed by atoms with E-state index in [-0.39, 0.29) is 51.4 Å². The molecule has 0 atom stereocenters. The van der Waals surface area contributed by atoms with Crippen LogP contribution in [0.1, 0.15) is 0 Å². The number of rotatable bonds is 4. The maximum Gasteiger partial charge on any atom is 1.00 e. The molecule has 0 aliphatic heterocycles. The van der Waals surface area contributed by atoms with Gasteiger partial charge in [-0.15, -0.1) is 0 Å². The number of hydrogen-bond acceptors (Lipinski definition) is 8. The first-order valence-electron chi connectivity index (χ1n) is 1.91. The van der Waals surface area contributed by atoms with Crippen LogP contribution in [0.5, 0.6) is 0 Å². The van der Waals surface area contributed by atoms with Gasteiger partial charge in [0, 0.05) is 0 Å². The average molecular weight is 246 g/mol. The van der Waals surface area contributed by atoms with E-state index in [4.69, 9.17) is 0 Å². The van der Waals surface area contributed by atoms with Crippen molar-refractivity contribution >= 4 is 20.8 Å². The largest absolute Gasteiger partial charge is 1.00 e. The average Bonchev–Trinajstić information content (AvgIpc) is 1.83. The van der Waals surface area contributed by atoms with Gasteiger partial charge in [0.1, 0.15) is 0 Å². The van der Waals surface area contributed by atoms with Gasteiger partial charge in [-0.25, -0.2) is 12.6 Å². The van der Waals surface area contributed by atoms with Crippen LogP contribution in [0.2, 0.25) is 0 Å². The Morgan fingerprint density at radius 3 is 1.75 bits per heavy atom. The standard InChI is InChI=1S/CH4O8S2.K/c1-7-11(5,6)9-8-10(2,3)4;/h1H3,(H,2,3,4);/q;+1/p-1. The second-order valence-corrected chi connectivity index (χ2v) is 3.36. The van der Waals surface area contributed by atoms with Gasteiger partial charge < -0.3 is 4.55 Å². The fourth-order valence-corrected chi connectivity index (χ4v) is 0.696. The van der Waals surface area contributed by atoms with Crippen molar-refractivity contribution in [3.63, 3.8) is 0 Å². The Hall–Kier alpha value is 1.38. The molecule has 0 aliphatic carbocycles. The van der Waals surface area contributed by atoms with E-state index in [0.29, 0.717) is 7.11 Å². The van der Waals surface area contributed by atoms with Gasteiger partial charge in [-0.05, 0) is 0 Å². The van der Waals surface area contributed by atoms with Gasteiger partial charge in [-0.1, -0.05) is 8.67 Å². The third kappa shape index (κ3) is 9.46. The topological polar surface area (TPSA) is 119 Å². The van der Waals surface area contributed by atoms with Crippen molar-refractivity contribution in [1.29, 1.82) is 0 Å². The van der Waals surface area contributed by atoms with Crippen LogP contribution in [-0.4, -0.2) is 28.5 Å². The summed E-state index contributed by atoms with van der Waals surface area (Å²) in [7, 11) is -9.06. The maximum atomic E-state index is 10.1. The van der Waals surface area contributed by atoms with E-state index in [1.165, 1.54) is 0 Å². The van der Waals surface area contributed by atoms with Crippen LogP contribution in [0.3, 0.4) is 0 Å². The predicted molar refractivity (Wildman–Crippen MR) is 27.8 cm³/mol. The molecule has 0 amide bonds. The van der Waals surface area contributed by atoms with Crippen molar-refractivity contribution in [2.24, 2.45) is 0 Å². The van der Waals surface area contributed by atoms with E-state index in [9.17, 15) is 21.4 Å². The molecule has 0 aromatic rings. The van der Waals surface area contributed by atoms with Crippen molar-refractivity contribution in [3.8, 4) is 0 Å².